The molecular formula is C28H43N5O3. The third-order valence-corrected chi connectivity index (χ3v) is 7.45. The molecule has 198 valence electrons. The van der Waals surface area contributed by atoms with E-state index in [0.717, 1.165) is 75.3 Å². The Bertz CT molecular complexity index is 1040. The number of aromatic nitrogens is 2. The number of nitrogens with one attached hydrogen (secondary N) is 2. The van der Waals surface area contributed by atoms with Crippen LogP contribution in [0.1, 0.15) is 76.5 Å². The minimum atomic E-state index is -0.176. The van der Waals surface area contributed by atoms with Crippen molar-refractivity contribution in [2.75, 3.05) is 39.3 Å². The molecule has 2 amide bonds. The van der Waals surface area contributed by atoms with Crippen molar-refractivity contribution in [2.45, 2.75) is 71.8 Å². The number of para-hydroxylation sites is 1. The molecule has 36 heavy (non-hydrogen) atoms. The van der Waals surface area contributed by atoms with Crippen molar-refractivity contribution in [3.05, 3.63) is 29.6 Å². The van der Waals surface area contributed by atoms with E-state index in [2.05, 4.69) is 36.0 Å². The Labute approximate surface area is 215 Å². The van der Waals surface area contributed by atoms with Crippen LogP contribution in [0.2, 0.25) is 0 Å². The fourth-order valence-electron chi connectivity index (χ4n) is 5.22. The summed E-state index contributed by atoms with van der Waals surface area (Å²) in [5, 5.41) is 3.17. The van der Waals surface area contributed by atoms with Crippen molar-refractivity contribution in [1.82, 2.24) is 25.1 Å². The van der Waals surface area contributed by atoms with Gasteiger partial charge in [0.25, 0.3) is 5.91 Å². The Morgan fingerprint density at radius 1 is 1.08 bits per heavy atom. The van der Waals surface area contributed by atoms with Crippen LogP contribution in [-0.4, -0.2) is 77.1 Å². The minimum Gasteiger partial charge on any atom is -0.447 e. The number of hydrogen-bond acceptors (Lipinski definition) is 5. The fraction of sp³-hybridized carbons (Fsp3) is 0.679. The molecule has 3 heterocycles. The van der Waals surface area contributed by atoms with Crippen molar-refractivity contribution in [3.63, 3.8) is 0 Å². The quantitative estimate of drug-likeness (QED) is 0.611. The van der Waals surface area contributed by atoms with Gasteiger partial charge in [-0.1, -0.05) is 26.8 Å². The number of carbonyl (C=O) groups is 2. The number of carbonyl (C=O) groups excluding carboxylic acids is 2. The molecule has 2 fully saturated rings. The summed E-state index contributed by atoms with van der Waals surface area (Å²) in [6, 6.07) is 5.75. The van der Waals surface area contributed by atoms with Crippen LogP contribution in [0.3, 0.4) is 0 Å². The van der Waals surface area contributed by atoms with Gasteiger partial charge in [0.2, 0.25) is 0 Å². The Morgan fingerprint density at radius 2 is 1.75 bits per heavy atom. The van der Waals surface area contributed by atoms with E-state index in [1.54, 1.807) is 0 Å². The fourth-order valence-corrected chi connectivity index (χ4v) is 5.22. The lowest BCUT2D eigenvalue weighted by Crippen LogP contribution is -2.44. The van der Waals surface area contributed by atoms with Crippen molar-refractivity contribution in [2.24, 2.45) is 11.8 Å². The van der Waals surface area contributed by atoms with Gasteiger partial charge in [0.1, 0.15) is 11.3 Å². The number of hydrogen-bond donors (Lipinski definition) is 2. The Balaban J connectivity index is 1.20. The second-order valence-electron chi connectivity index (χ2n) is 11.9. The summed E-state index contributed by atoms with van der Waals surface area (Å²) < 4.78 is 5.33. The summed E-state index contributed by atoms with van der Waals surface area (Å²) in [6.45, 7) is 15.7. The van der Waals surface area contributed by atoms with Gasteiger partial charge < -0.3 is 24.8 Å². The molecule has 2 saturated heterocycles. The maximum atomic E-state index is 13.0. The lowest BCUT2D eigenvalue weighted by molar-refractivity contribution is 0.0596. The number of imidazole rings is 1. The number of rotatable bonds is 6. The molecule has 0 spiro atoms. The Morgan fingerprint density at radius 3 is 2.39 bits per heavy atom. The third kappa shape index (κ3) is 6.58. The highest BCUT2D eigenvalue weighted by Crippen LogP contribution is 2.25. The summed E-state index contributed by atoms with van der Waals surface area (Å²) in [5.74, 6) is 1.99. The number of piperidine rings is 2. The van der Waals surface area contributed by atoms with E-state index < -0.39 is 0 Å². The van der Waals surface area contributed by atoms with E-state index >= 15 is 0 Å². The van der Waals surface area contributed by atoms with E-state index in [1.165, 1.54) is 0 Å². The van der Waals surface area contributed by atoms with Crippen molar-refractivity contribution in [3.8, 4) is 0 Å². The predicted octanol–water partition coefficient (Wildman–Crippen LogP) is 4.56. The number of H-pyrrole nitrogens is 1. The number of nitrogens with zero attached hydrogens (tertiary/aromatic N) is 3. The summed E-state index contributed by atoms with van der Waals surface area (Å²) in [4.78, 5) is 37.6. The SMILES string of the molecule is CC(C)OC(=O)N1CCC(CN2CCC(CNC(=O)c3cccc4[nH]c(C(C)(C)C)nc34)CC2)CC1. The van der Waals surface area contributed by atoms with Crippen LogP contribution in [-0.2, 0) is 10.2 Å². The average Bonchev–Trinajstić information content (AvgIpc) is 3.29. The molecule has 2 aliphatic rings. The van der Waals surface area contributed by atoms with Crippen LogP contribution in [0.15, 0.2) is 18.2 Å². The Kier molecular flexibility index (Phi) is 8.23. The first-order valence-electron chi connectivity index (χ1n) is 13.6. The van der Waals surface area contributed by atoms with Crippen molar-refractivity contribution in [1.29, 1.82) is 0 Å². The number of ether oxygens (including phenoxy) is 1. The predicted molar refractivity (Wildman–Crippen MR) is 142 cm³/mol. The topological polar surface area (TPSA) is 90.6 Å². The maximum absolute atomic E-state index is 13.0. The zero-order valence-corrected chi connectivity index (χ0v) is 22.6. The van der Waals surface area contributed by atoms with Gasteiger partial charge in [-0.3, -0.25) is 4.79 Å². The lowest BCUT2D eigenvalue weighted by Gasteiger charge is -2.37. The molecule has 0 atom stereocenters. The van der Waals surface area contributed by atoms with Crippen LogP contribution in [0.5, 0.6) is 0 Å². The van der Waals surface area contributed by atoms with Gasteiger partial charge >= 0.3 is 6.09 Å². The molecule has 2 N–H and O–H groups in total. The molecule has 1 aromatic heterocycles. The molecule has 8 nitrogen and oxygen atoms in total. The van der Waals surface area contributed by atoms with E-state index in [0.29, 0.717) is 23.9 Å². The van der Waals surface area contributed by atoms with Gasteiger partial charge in [-0.2, -0.15) is 0 Å². The van der Waals surface area contributed by atoms with E-state index in [1.807, 2.05) is 36.9 Å². The van der Waals surface area contributed by atoms with Gasteiger partial charge in [0.15, 0.2) is 0 Å². The largest absolute Gasteiger partial charge is 0.447 e. The molecular weight excluding hydrogens is 454 g/mol. The van der Waals surface area contributed by atoms with Gasteiger partial charge in [-0.25, -0.2) is 9.78 Å². The normalized spacial score (nSPS) is 18.7. The van der Waals surface area contributed by atoms with Crippen LogP contribution >= 0.6 is 0 Å². The molecule has 2 aliphatic heterocycles. The molecule has 0 bridgehead atoms. The first kappa shape index (κ1) is 26.5. The van der Waals surface area contributed by atoms with Crippen LogP contribution in [0.25, 0.3) is 11.0 Å². The highest BCUT2D eigenvalue weighted by atomic mass is 16.6. The van der Waals surface area contributed by atoms with Gasteiger partial charge in [0.05, 0.1) is 17.2 Å². The lowest BCUT2D eigenvalue weighted by atomic mass is 9.92. The van der Waals surface area contributed by atoms with Gasteiger partial charge in [-0.05, 0) is 76.6 Å². The highest BCUT2D eigenvalue weighted by molar-refractivity contribution is 6.04. The standard InChI is InChI=1S/C28H43N5O3/c1-19(2)36-27(35)33-15-11-21(12-16-33)18-32-13-9-20(10-14-32)17-29-25(34)22-7-6-8-23-24(22)31-26(30-23)28(3,4)5/h6-8,19-21H,9-18H2,1-5H3,(H,29,34)(H,30,31). The van der Waals surface area contributed by atoms with Gasteiger partial charge in [-0.15, -0.1) is 0 Å². The van der Waals surface area contributed by atoms with E-state index in [-0.39, 0.29) is 23.5 Å². The highest BCUT2D eigenvalue weighted by Gasteiger charge is 2.28. The molecule has 0 unspecified atom stereocenters. The van der Waals surface area contributed by atoms with E-state index in [9.17, 15) is 9.59 Å². The van der Waals surface area contributed by atoms with Crippen LogP contribution < -0.4 is 5.32 Å². The number of fused-ring (bicyclic) bond motifs is 1. The molecule has 8 heteroatoms. The maximum Gasteiger partial charge on any atom is 0.410 e. The summed E-state index contributed by atoms with van der Waals surface area (Å²) in [7, 11) is 0. The second-order valence-corrected chi connectivity index (χ2v) is 11.9. The van der Waals surface area contributed by atoms with Crippen molar-refractivity contribution < 1.29 is 14.3 Å². The summed E-state index contributed by atoms with van der Waals surface area (Å²) in [5.41, 5.74) is 2.19. The molecule has 0 aliphatic carbocycles. The van der Waals surface area contributed by atoms with Crippen LogP contribution in [0, 0.1) is 11.8 Å². The number of aromatic amines is 1. The smallest absolute Gasteiger partial charge is 0.410 e. The molecule has 2 aromatic rings. The average molecular weight is 498 g/mol. The Hall–Kier alpha value is -2.61. The second kappa shape index (κ2) is 11.2. The first-order chi connectivity index (χ1) is 17.1. The summed E-state index contributed by atoms with van der Waals surface area (Å²) >= 11 is 0. The molecule has 4 rings (SSSR count). The van der Waals surface area contributed by atoms with Gasteiger partial charge in [0, 0.05) is 31.6 Å². The molecule has 1 aromatic carbocycles. The number of benzene rings is 1. The van der Waals surface area contributed by atoms with Crippen molar-refractivity contribution >= 4 is 23.0 Å². The first-order valence-corrected chi connectivity index (χ1v) is 13.6. The van der Waals surface area contributed by atoms with E-state index in [4.69, 9.17) is 9.72 Å². The monoisotopic (exact) mass is 497 g/mol. The minimum absolute atomic E-state index is 0.0438. The molecule has 0 saturated carbocycles. The van der Waals surface area contributed by atoms with Crippen LogP contribution in [0.4, 0.5) is 4.79 Å². The number of likely N-dealkylation sites (tertiary alicyclic amines) is 2. The summed E-state index contributed by atoms with van der Waals surface area (Å²) in [6.07, 6.45) is 4.03. The number of amides is 2. The zero-order chi connectivity index (χ0) is 25.9. The third-order valence-electron chi connectivity index (χ3n) is 7.45. The molecule has 0 radical (unpaired) electrons. The zero-order valence-electron chi connectivity index (χ0n) is 22.6.